The molecular formula is C46H24N2O3. The number of fused-ring (bicyclic) bond motifs is 15. The van der Waals surface area contributed by atoms with Crippen LogP contribution in [-0.2, 0) is 0 Å². The van der Waals surface area contributed by atoms with Crippen LogP contribution in [0.2, 0.25) is 0 Å². The van der Waals surface area contributed by atoms with Crippen molar-refractivity contribution in [3.05, 3.63) is 146 Å². The lowest BCUT2D eigenvalue weighted by Gasteiger charge is -2.13. The van der Waals surface area contributed by atoms with Crippen LogP contribution in [0.5, 0.6) is 0 Å². The van der Waals surface area contributed by atoms with Crippen LogP contribution in [0, 0.1) is 0 Å². The molecule has 236 valence electrons. The highest BCUT2D eigenvalue weighted by Crippen LogP contribution is 2.43. The number of aromatic nitrogens is 2. The molecule has 0 aliphatic heterocycles. The van der Waals surface area contributed by atoms with Crippen molar-refractivity contribution < 1.29 is 13.3 Å². The number of nitrogens with zero attached hydrogens (tertiary/aromatic N) is 2. The van der Waals surface area contributed by atoms with E-state index in [2.05, 4.69) is 97.1 Å². The van der Waals surface area contributed by atoms with Crippen LogP contribution < -0.4 is 0 Å². The zero-order valence-electron chi connectivity index (χ0n) is 27.0. The summed E-state index contributed by atoms with van der Waals surface area (Å²) in [5, 5.41) is 9.60. The second kappa shape index (κ2) is 9.80. The lowest BCUT2D eigenvalue weighted by atomic mass is 9.93. The Morgan fingerprint density at radius 3 is 1.35 bits per heavy atom. The predicted octanol–water partition coefficient (Wildman–Crippen LogP) is 13.0. The van der Waals surface area contributed by atoms with Gasteiger partial charge in [0.25, 0.3) is 0 Å². The van der Waals surface area contributed by atoms with Gasteiger partial charge >= 0.3 is 0 Å². The van der Waals surface area contributed by atoms with E-state index in [1.807, 2.05) is 48.5 Å². The average molecular weight is 653 g/mol. The summed E-state index contributed by atoms with van der Waals surface area (Å²) in [6.45, 7) is 0. The maximum absolute atomic E-state index is 6.46. The number of hydrogen-bond donors (Lipinski definition) is 0. The molecule has 0 unspecified atom stereocenters. The number of benzene rings is 8. The lowest BCUT2D eigenvalue weighted by molar-refractivity contribution is 0.655. The van der Waals surface area contributed by atoms with Gasteiger partial charge in [0.05, 0.1) is 5.52 Å². The fourth-order valence-electron chi connectivity index (χ4n) is 8.13. The van der Waals surface area contributed by atoms with Gasteiger partial charge in [0.1, 0.15) is 38.9 Å². The summed E-state index contributed by atoms with van der Waals surface area (Å²) >= 11 is 0. The van der Waals surface area contributed by atoms with E-state index in [1.54, 1.807) is 0 Å². The van der Waals surface area contributed by atoms with Crippen LogP contribution in [0.4, 0.5) is 0 Å². The molecule has 0 saturated heterocycles. The molecule has 12 rings (SSSR count). The molecule has 0 spiro atoms. The molecule has 12 aromatic rings. The first-order valence-corrected chi connectivity index (χ1v) is 17.1. The highest BCUT2D eigenvalue weighted by atomic mass is 16.3. The van der Waals surface area contributed by atoms with Crippen molar-refractivity contribution in [2.24, 2.45) is 0 Å². The number of furan rings is 3. The van der Waals surface area contributed by atoms with Gasteiger partial charge in [-0.25, -0.2) is 9.97 Å². The van der Waals surface area contributed by atoms with Crippen molar-refractivity contribution in [3.63, 3.8) is 0 Å². The molecule has 0 bridgehead atoms. The summed E-state index contributed by atoms with van der Waals surface area (Å²) < 4.78 is 19.2. The molecule has 5 nitrogen and oxygen atoms in total. The van der Waals surface area contributed by atoms with Gasteiger partial charge in [0.15, 0.2) is 0 Å². The highest BCUT2D eigenvalue weighted by Gasteiger charge is 2.20. The molecule has 51 heavy (non-hydrogen) atoms. The van der Waals surface area contributed by atoms with E-state index >= 15 is 0 Å². The van der Waals surface area contributed by atoms with Crippen molar-refractivity contribution in [2.45, 2.75) is 0 Å². The Morgan fingerprint density at radius 1 is 0.314 bits per heavy atom. The fraction of sp³-hybridized carbons (Fsp3) is 0. The van der Waals surface area contributed by atoms with E-state index in [4.69, 9.17) is 23.2 Å². The van der Waals surface area contributed by atoms with Crippen LogP contribution in [0.15, 0.2) is 159 Å². The van der Waals surface area contributed by atoms with Crippen LogP contribution in [0.3, 0.4) is 0 Å². The van der Waals surface area contributed by atoms with E-state index < -0.39 is 0 Å². The summed E-state index contributed by atoms with van der Waals surface area (Å²) in [7, 11) is 0. The van der Waals surface area contributed by atoms with Crippen molar-refractivity contribution in [1.29, 1.82) is 0 Å². The van der Waals surface area contributed by atoms with Gasteiger partial charge < -0.3 is 13.3 Å². The molecule has 0 N–H and O–H groups in total. The largest absolute Gasteiger partial charge is 0.455 e. The Hall–Kier alpha value is -6.98. The zero-order valence-corrected chi connectivity index (χ0v) is 27.0. The van der Waals surface area contributed by atoms with E-state index in [1.165, 1.54) is 0 Å². The quantitative estimate of drug-likeness (QED) is 0.174. The van der Waals surface area contributed by atoms with E-state index in [9.17, 15) is 0 Å². The molecule has 5 heteroatoms. The minimum atomic E-state index is 0.525. The second-order valence-corrected chi connectivity index (χ2v) is 13.3. The highest BCUT2D eigenvalue weighted by molar-refractivity contribution is 6.26. The lowest BCUT2D eigenvalue weighted by Crippen LogP contribution is -1.92. The first kappa shape index (κ1) is 26.9. The van der Waals surface area contributed by atoms with Gasteiger partial charge in [-0.1, -0.05) is 109 Å². The van der Waals surface area contributed by atoms with E-state index in [0.29, 0.717) is 5.71 Å². The van der Waals surface area contributed by atoms with Crippen molar-refractivity contribution in [2.75, 3.05) is 0 Å². The molecule has 0 fully saturated rings. The summed E-state index contributed by atoms with van der Waals surface area (Å²) in [6.07, 6.45) is 0. The maximum Gasteiger partial charge on any atom is 0.246 e. The molecular weight excluding hydrogens is 629 g/mol. The maximum atomic E-state index is 6.46. The SMILES string of the molecule is c1ccc2c(c1)oc1c(-c3ccc4c5ccc(-c6cccc7c6oc6ccccc67)cc5c5nc6c(nc5c4c3)oc3ccccc36)cccc12. The molecule has 4 heterocycles. The third-order valence-electron chi connectivity index (χ3n) is 10.5. The Labute approximate surface area is 289 Å². The minimum Gasteiger partial charge on any atom is -0.455 e. The third kappa shape index (κ3) is 3.69. The summed E-state index contributed by atoms with van der Waals surface area (Å²) in [4.78, 5) is 10.6. The monoisotopic (exact) mass is 652 g/mol. The third-order valence-corrected chi connectivity index (χ3v) is 10.5. The van der Waals surface area contributed by atoms with Crippen LogP contribution in [0.1, 0.15) is 0 Å². The van der Waals surface area contributed by atoms with Gasteiger partial charge in [0, 0.05) is 48.8 Å². The predicted molar refractivity (Wildman–Crippen MR) is 207 cm³/mol. The first-order valence-electron chi connectivity index (χ1n) is 17.1. The normalized spacial score (nSPS) is 12.3. The molecule has 0 aliphatic carbocycles. The number of para-hydroxylation sites is 5. The van der Waals surface area contributed by atoms with Gasteiger partial charge in [0.2, 0.25) is 5.71 Å². The smallest absolute Gasteiger partial charge is 0.246 e. The van der Waals surface area contributed by atoms with Gasteiger partial charge in [-0.3, -0.25) is 0 Å². The molecule has 0 atom stereocenters. The average Bonchev–Trinajstić information content (AvgIpc) is 3.88. The van der Waals surface area contributed by atoms with Crippen LogP contribution in [-0.4, -0.2) is 9.97 Å². The van der Waals surface area contributed by atoms with Crippen molar-refractivity contribution in [3.8, 4) is 22.3 Å². The van der Waals surface area contributed by atoms with Crippen molar-refractivity contribution >= 4 is 98.7 Å². The topological polar surface area (TPSA) is 65.2 Å². The van der Waals surface area contributed by atoms with Crippen LogP contribution in [0.25, 0.3) is 121 Å². The molecule has 0 saturated carbocycles. The molecule has 4 aromatic heterocycles. The molecule has 8 aromatic carbocycles. The second-order valence-electron chi connectivity index (χ2n) is 13.3. The van der Waals surface area contributed by atoms with Gasteiger partial charge in [-0.15, -0.1) is 0 Å². The standard InChI is InChI=1S/C46H24N2O3/c1-4-16-38-31(9-1)33-14-7-12-27(44(33)49-38)25-19-21-29-30-22-20-26(28-13-8-15-34-32-10-2-5-17-39(32)50-45(28)34)24-37(30)42-41(36(29)23-25)47-43-35-11-3-6-18-40(35)51-46(43)48-42/h1-24H. The summed E-state index contributed by atoms with van der Waals surface area (Å²) in [5.41, 5.74) is 11.4. The van der Waals surface area contributed by atoms with E-state index in [-0.39, 0.29) is 0 Å². The van der Waals surface area contributed by atoms with Gasteiger partial charge in [-0.2, -0.15) is 0 Å². The first-order chi connectivity index (χ1) is 25.3. The van der Waals surface area contributed by atoms with Crippen LogP contribution >= 0.6 is 0 Å². The minimum absolute atomic E-state index is 0.525. The number of hydrogen-bond acceptors (Lipinski definition) is 5. The molecule has 0 radical (unpaired) electrons. The Bertz CT molecular complexity index is 3440. The zero-order chi connectivity index (χ0) is 33.2. The fourth-order valence-corrected chi connectivity index (χ4v) is 8.13. The number of rotatable bonds is 2. The Balaban J connectivity index is 1.17. The summed E-state index contributed by atoms with van der Waals surface area (Å²) in [5.74, 6) is 0. The van der Waals surface area contributed by atoms with Gasteiger partial charge in [-0.05, 0) is 58.3 Å². The van der Waals surface area contributed by atoms with Crippen molar-refractivity contribution in [1.82, 2.24) is 9.97 Å². The molecule has 0 aliphatic rings. The Kier molecular flexibility index (Phi) is 5.17. The Morgan fingerprint density at radius 2 is 0.784 bits per heavy atom. The summed E-state index contributed by atoms with van der Waals surface area (Å²) in [6, 6.07) is 50.4. The molecule has 0 amide bonds. The van der Waals surface area contributed by atoms with E-state index in [0.717, 1.165) is 115 Å².